The highest BCUT2D eigenvalue weighted by molar-refractivity contribution is 5.91. The molecule has 0 aliphatic rings. The molecular weight excluding hydrogens is 256 g/mol. The minimum atomic E-state index is -0.836. The summed E-state index contributed by atoms with van der Waals surface area (Å²) < 4.78 is 0. The van der Waals surface area contributed by atoms with E-state index in [0.29, 0.717) is 19.5 Å². The van der Waals surface area contributed by atoms with Gasteiger partial charge in [-0.25, -0.2) is 4.79 Å². The number of nitrogens with zero attached hydrogens (tertiary/aromatic N) is 2. The third-order valence-electron chi connectivity index (χ3n) is 3.10. The minimum Gasteiger partial charge on any atom is -0.481 e. The van der Waals surface area contributed by atoms with E-state index in [2.05, 4.69) is 0 Å². The number of rotatable bonds is 6. The maximum Gasteiger partial charge on any atom is 0.324 e. The Morgan fingerprint density at radius 2 is 1.80 bits per heavy atom. The van der Waals surface area contributed by atoms with Crippen LogP contribution in [0.15, 0.2) is 24.3 Å². The molecule has 5 heteroatoms. The Morgan fingerprint density at radius 1 is 1.20 bits per heavy atom. The van der Waals surface area contributed by atoms with Gasteiger partial charge in [0.2, 0.25) is 0 Å². The van der Waals surface area contributed by atoms with Gasteiger partial charge in [-0.3, -0.25) is 9.69 Å². The van der Waals surface area contributed by atoms with E-state index >= 15 is 0 Å². The quantitative estimate of drug-likeness (QED) is 0.870. The van der Waals surface area contributed by atoms with Gasteiger partial charge in [0.05, 0.1) is 0 Å². The Hall–Kier alpha value is -2.04. The SMILES string of the molecule is CCN(C(=O)N(C)CCCC(=O)O)c1ccc(C)cc1. The van der Waals surface area contributed by atoms with Crippen molar-refractivity contribution in [1.29, 1.82) is 0 Å². The fraction of sp³-hybridized carbons (Fsp3) is 0.467. The van der Waals surface area contributed by atoms with E-state index in [0.717, 1.165) is 11.3 Å². The number of amides is 2. The summed E-state index contributed by atoms with van der Waals surface area (Å²) in [5, 5.41) is 8.61. The van der Waals surface area contributed by atoms with Crippen LogP contribution in [0.25, 0.3) is 0 Å². The number of hydrogen-bond acceptors (Lipinski definition) is 2. The number of hydrogen-bond donors (Lipinski definition) is 1. The van der Waals surface area contributed by atoms with Gasteiger partial charge in [-0.1, -0.05) is 17.7 Å². The van der Waals surface area contributed by atoms with Gasteiger partial charge in [0, 0.05) is 32.2 Å². The van der Waals surface area contributed by atoms with Gasteiger partial charge < -0.3 is 10.0 Å². The third kappa shape index (κ3) is 4.57. The summed E-state index contributed by atoms with van der Waals surface area (Å²) in [7, 11) is 1.70. The molecule has 0 heterocycles. The van der Waals surface area contributed by atoms with Crippen LogP contribution in [0.1, 0.15) is 25.3 Å². The molecule has 1 N–H and O–H groups in total. The molecule has 0 saturated carbocycles. The molecule has 110 valence electrons. The average Bonchev–Trinajstić information content (AvgIpc) is 2.41. The molecule has 1 aromatic rings. The largest absolute Gasteiger partial charge is 0.481 e. The normalized spacial score (nSPS) is 10.2. The fourth-order valence-electron chi connectivity index (χ4n) is 1.92. The average molecular weight is 278 g/mol. The first-order valence-corrected chi connectivity index (χ1v) is 6.76. The molecule has 0 spiro atoms. The van der Waals surface area contributed by atoms with E-state index in [1.165, 1.54) is 0 Å². The van der Waals surface area contributed by atoms with Crippen molar-refractivity contribution in [3.63, 3.8) is 0 Å². The molecule has 1 rings (SSSR count). The molecule has 1 aromatic carbocycles. The predicted molar refractivity (Wildman–Crippen MR) is 79.1 cm³/mol. The molecule has 20 heavy (non-hydrogen) atoms. The maximum atomic E-state index is 12.3. The maximum absolute atomic E-state index is 12.3. The van der Waals surface area contributed by atoms with Crippen molar-refractivity contribution in [3.05, 3.63) is 29.8 Å². The van der Waals surface area contributed by atoms with Crippen LogP contribution in [0.3, 0.4) is 0 Å². The molecule has 0 aliphatic carbocycles. The lowest BCUT2D eigenvalue weighted by atomic mass is 10.2. The van der Waals surface area contributed by atoms with Gasteiger partial charge in [0.1, 0.15) is 0 Å². The highest BCUT2D eigenvalue weighted by Gasteiger charge is 2.17. The van der Waals surface area contributed by atoms with E-state index in [1.807, 2.05) is 38.1 Å². The van der Waals surface area contributed by atoms with Crippen molar-refractivity contribution in [2.24, 2.45) is 0 Å². The number of benzene rings is 1. The fourth-order valence-corrected chi connectivity index (χ4v) is 1.92. The predicted octanol–water partition coefficient (Wildman–Crippen LogP) is 2.74. The molecule has 0 aliphatic heterocycles. The van der Waals surface area contributed by atoms with Crippen molar-refractivity contribution in [1.82, 2.24) is 4.90 Å². The Bertz CT molecular complexity index is 457. The van der Waals surface area contributed by atoms with Gasteiger partial charge in [-0.15, -0.1) is 0 Å². The molecule has 0 fully saturated rings. The minimum absolute atomic E-state index is 0.0777. The highest BCUT2D eigenvalue weighted by Crippen LogP contribution is 2.16. The van der Waals surface area contributed by atoms with Gasteiger partial charge in [-0.2, -0.15) is 0 Å². The van der Waals surface area contributed by atoms with E-state index < -0.39 is 5.97 Å². The summed E-state index contributed by atoms with van der Waals surface area (Å²) in [4.78, 5) is 26.1. The number of carbonyl (C=O) groups excluding carboxylic acids is 1. The Balaban J connectivity index is 2.66. The van der Waals surface area contributed by atoms with Gasteiger partial charge in [-0.05, 0) is 32.4 Å². The van der Waals surface area contributed by atoms with Crippen molar-refractivity contribution in [3.8, 4) is 0 Å². The first kappa shape index (κ1) is 16.0. The molecule has 0 radical (unpaired) electrons. The Morgan fingerprint density at radius 3 is 2.30 bits per heavy atom. The van der Waals surface area contributed by atoms with Crippen LogP contribution in [0.2, 0.25) is 0 Å². The molecule has 0 saturated heterocycles. The lowest BCUT2D eigenvalue weighted by Gasteiger charge is -2.27. The number of aryl methyl sites for hydroxylation is 1. The number of carboxylic acids is 1. The first-order chi connectivity index (χ1) is 9.45. The lowest BCUT2D eigenvalue weighted by molar-refractivity contribution is -0.137. The van der Waals surface area contributed by atoms with Crippen LogP contribution >= 0.6 is 0 Å². The molecule has 0 aromatic heterocycles. The molecule has 0 atom stereocenters. The van der Waals surface area contributed by atoms with Crippen molar-refractivity contribution >= 4 is 17.7 Å². The van der Waals surface area contributed by atoms with Crippen molar-refractivity contribution < 1.29 is 14.7 Å². The summed E-state index contributed by atoms with van der Waals surface area (Å²) in [6, 6.07) is 7.66. The number of anilines is 1. The van der Waals surface area contributed by atoms with Crippen LogP contribution in [-0.4, -0.2) is 42.1 Å². The smallest absolute Gasteiger partial charge is 0.324 e. The molecule has 0 bridgehead atoms. The summed E-state index contributed by atoms with van der Waals surface area (Å²) in [5.41, 5.74) is 2.00. The Kier molecular flexibility index (Phi) is 6.03. The monoisotopic (exact) mass is 278 g/mol. The molecular formula is C15H22N2O3. The second kappa shape index (κ2) is 7.53. The Labute approximate surface area is 119 Å². The van der Waals surface area contributed by atoms with E-state index in [9.17, 15) is 9.59 Å². The second-order valence-electron chi connectivity index (χ2n) is 4.78. The van der Waals surface area contributed by atoms with Crippen LogP contribution in [0.4, 0.5) is 10.5 Å². The zero-order valence-electron chi connectivity index (χ0n) is 12.3. The molecule has 5 nitrogen and oxygen atoms in total. The number of aliphatic carboxylic acids is 1. The van der Waals surface area contributed by atoms with Gasteiger partial charge in [0.15, 0.2) is 0 Å². The highest BCUT2D eigenvalue weighted by atomic mass is 16.4. The van der Waals surface area contributed by atoms with E-state index in [4.69, 9.17) is 5.11 Å². The van der Waals surface area contributed by atoms with Gasteiger partial charge in [0.25, 0.3) is 0 Å². The summed E-state index contributed by atoms with van der Waals surface area (Å²) >= 11 is 0. The second-order valence-corrected chi connectivity index (χ2v) is 4.78. The van der Waals surface area contributed by atoms with Crippen molar-refractivity contribution in [2.45, 2.75) is 26.7 Å². The first-order valence-electron chi connectivity index (χ1n) is 6.76. The lowest BCUT2D eigenvalue weighted by Crippen LogP contribution is -2.41. The van der Waals surface area contributed by atoms with Crippen LogP contribution in [0, 0.1) is 6.92 Å². The topological polar surface area (TPSA) is 60.9 Å². The summed E-state index contributed by atoms with van der Waals surface area (Å²) in [6.45, 7) is 4.93. The van der Waals surface area contributed by atoms with E-state index in [1.54, 1.807) is 16.8 Å². The standard InChI is InChI=1S/C15H22N2O3/c1-4-17(13-9-7-12(2)8-10-13)15(20)16(3)11-5-6-14(18)19/h7-10H,4-6,11H2,1-3H3,(H,18,19). The third-order valence-corrected chi connectivity index (χ3v) is 3.10. The van der Waals surface area contributed by atoms with Gasteiger partial charge >= 0.3 is 12.0 Å². The summed E-state index contributed by atoms with van der Waals surface area (Å²) in [6.07, 6.45) is 0.539. The number of urea groups is 1. The molecule has 0 unspecified atom stereocenters. The summed E-state index contributed by atoms with van der Waals surface area (Å²) in [5.74, 6) is -0.836. The zero-order chi connectivity index (χ0) is 15.1. The number of carbonyl (C=O) groups is 2. The zero-order valence-corrected chi connectivity index (χ0v) is 12.3. The van der Waals surface area contributed by atoms with Crippen LogP contribution in [-0.2, 0) is 4.79 Å². The molecule has 2 amide bonds. The van der Waals surface area contributed by atoms with Crippen LogP contribution < -0.4 is 4.90 Å². The van der Waals surface area contributed by atoms with E-state index in [-0.39, 0.29) is 12.5 Å². The van der Waals surface area contributed by atoms with Crippen LogP contribution in [0.5, 0.6) is 0 Å². The number of carboxylic acid groups (broad SMARTS) is 1. The van der Waals surface area contributed by atoms with Crippen molar-refractivity contribution in [2.75, 3.05) is 25.0 Å².